The molecule has 0 fully saturated rings. The van der Waals surface area contributed by atoms with E-state index in [0.29, 0.717) is 6.42 Å². The Morgan fingerprint density at radius 1 is 1.20 bits per heavy atom. The van der Waals surface area contributed by atoms with Crippen LogP contribution >= 0.6 is 0 Å². The third-order valence-electron chi connectivity index (χ3n) is 1.66. The zero-order valence-corrected chi connectivity index (χ0v) is 9.12. The van der Waals surface area contributed by atoms with Crippen LogP contribution in [0.15, 0.2) is 25.3 Å². The van der Waals surface area contributed by atoms with Crippen LogP contribution in [0.5, 0.6) is 0 Å². The molecule has 0 radical (unpaired) electrons. The van der Waals surface area contributed by atoms with E-state index in [1.165, 1.54) is 0 Å². The van der Waals surface area contributed by atoms with Crippen LogP contribution in [-0.2, 0) is 19.1 Å². The van der Waals surface area contributed by atoms with Crippen LogP contribution in [0.2, 0.25) is 0 Å². The molecule has 0 aliphatic heterocycles. The molecule has 0 aromatic rings. The minimum absolute atomic E-state index is 0.183. The van der Waals surface area contributed by atoms with Crippen molar-refractivity contribution in [2.24, 2.45) is 0 Å². The lowest BCUT2D eigenvalue weighted by Gasteiger charge is -2.23. The molecule has 0 amide bonds. The van der Waals surface area contributed by atoms with E-state index in [0.717, 1.165) is 12.2 Å². The summed E-state index contributed by atoms with van der Waals surface area (Å²) >= 11 is 0. The van der Waals surface area contributed by atoms with Crippen LogP contribution in [0.25, 0.3) is 0 Å². The molecule has 0 aromatic heterocycles. The molecule has 0 unspecified atom stereocenters. The molecule has 0 spiro atoms. The fourth-order valence-electron chi connectivity index (χ4n) is 0.821. The Labute approximate surface area is 89.6 Å². The number of esters is 2. The first-order valence-corrected chi connectivity index (χ1v) is 4.56. The molecule has 0 N–H and O–H groups in total. The zero-order chi connectivity index (χ0) is 11.9. The van der Waals surface area contributed by atoms with Crippen LogP contribution in [0.1, 0.15) is 20.3 Å². The average Bonchev–Trinajstić information content (AvgIpc) is 2.16. The van der Waals surface area contributed by atoms with Crippen molar-refractivity contribution in [3.8, 4) is 0 Å². The normalized spacial score (nSPS) is 10.3. The van der Waals surface area contributed by atoms with Crippen LogP contribution < -0.4 is 0 Å². The second kappa shape index (κ2) is 6.01. The molecule has 0 aliphatic carbocycles. The smallest absolute Gasteiger partial charge is 0.330 e. The molecule has 0 heterocycles. The highest BCUT2D eigenvalue weighted by Gasteiger charge is 2.21. The second-order valence-electron chi connectivity index (χ2n) is 3.51. The third kappa shape index (κ3) is 6.49. The summed E-state index contributed by atoms with van der Waals surface area (Å²) in [5, 5.41) is 0. The number of hydrogen-bond acceptors (Lipinski definition) is 4. The Hall–Kier alpha value is -1.58. The van der Waals surface area contributed by atoms with Crippen LogP contribution in [-0.4, -0.2) is 24.1 Å². The van der Waals surface area contributed by atoms with Gasteiger partial charge in [0.1, 0.15) is 5.60 Å². The highest BCUT2D eigenvalue weighted by molar-refractivity contribution is 5.81. The molecular formula is C11H16O4. The van der Waals surface area contributed by atoms with E-state index in [9.17, 15) is 9.59 Å². The van der Waals surface area contributed by atoms with Gasteiger partial charge in [0.05, 0.1) is 6.61 Å². The molecule has 0 aromatic carbocycles. The lowest BCUT2D eigenvalue weighted by Crippen LogP contribution is -2.29. The van der Waals surface area contributed by atoms with Crippen molar-refractivity contribution in [2.75, 3.05) is 6.61 Å². The van der Waals surface area contributed by atoms with E-state index in [2.05, 4.69) is 13.2 Å². The van der Waals surface area contributed by atoms with Crippen molar-refractivity contribution in [1.29, 1.82) is 0 Å². The predicted molar refractivity (Wildman–Crippen MR) is 56.1 cm³/mol. The zero-order valence-electron chi connectivity index (χ0n) is 9.12. The SMILES string of the molecule is C=CC(=O)OCCC(C)(C)OC(=O)C=C. The first-order chi connectivity index (χ1) is 6.91. The van der Waals surface area contributed by atoms with Gasteiger partial charge in [0, 0.05) is 18.6 Å². The third-order valence-corrected chi connectivity index (χ3v) is 1.66. The molecule has 0 aliphatic rings. The molecule has 0 saturated heterocycles. The van der Waals surface area contributed by atoms with E-state index in [-0.39, 0.29) is 6.61 Å². The van der Waals surface area contributed by atoms with Gasteiger partial charge in [0.25, 0.3) is 0 Å². The fourth-order valence-corrected chi connectivity index (χ4v) is 0.821. The summed E-state index contributed by atoms with van der Waals surface area (Å²) in [7, 11) is 0. The largest absolute Gasteiger partial charge is 0.462 e. The molecule has 0 atom stereocenters. The standard InChI is InChI=1S/C11H16O4/c1-5-9(12)14-8-7-11(3,4)15-10(13)6-2/h5-6H,1-2,7-8H2,3-4H3. The summed E-state index contributed by atoms with van der Waals surface area (Å²) in [6.07, 6.45) is 2.60. The van der Waals surface area contributed by atoms with E-state index in [1.807, 2.05) is 0 Å². The minimum Gasteiger partial charge on any atom is -0.462 e. The topological polar surface area (TPSA) is 52.6 Å². The first-order valence-electron chi connectivity index (χ1n) is 4.56. The maximum atomic E-state index is 10.9. The number of ether oxygens (including phenoxy) is 2. The molecule has 0 rings (SSSR count). The van der Waals surface area contributed by atoms with E-state index in [1.54, 1.807) is 13.8 Å². The summed E-state index contributed by atoms with van der Waals surface area (Å²) in [4.78, 5) is 21.6. The molecule has 0 saturated carbocycles. The van der Waals surface area contributed by atoms with Crippen LogP contribution in [0.3, 0.4) is 0 Å². The number of carbonyl (C=O) groups is 2. The summed E-state index contributed by atoms with van der Waals surface area (Å²) in [6.45, 7) is 10.2. The quantitative estimate of drug-likeness (QED) is 0.496. The van der Waals surface area contributed by atoms with Gasteiger partial charge in [0.2, 0.25) is 0 Å². The van der Waals surface area contributed by atoms with Crippen molar-refractivity contribution in [3.63, 3.8) is 0 Å². The van der Waals surface area contributed by atoms with Gasteiger partial charge >= 0.3 is 11.9 Å². The van der Waals surface area contributed by atoms with E-state index in [4.69, 9.17) is 9.47 Å². The maximum absolute atomic E-state index is 10.9. The van der Waals surface area contributed by atoms with Gasteiger partial charge < -0.3 is 9.47 Å². The van der Waals surface area contributed by atoms with Gasteiger partial charge in [-0.1, -0.05) is 13.2 Å². The Morgan fingerprint density at radius 2 is 1.73 bits per heavy atom. The monoisotopic (exact) mass is 212 g/mol. The summed E-state index contributed by atoms with van der Waals surface area (Å²) in [5.41, 5.74) is -0.674. The highest BCUT2D eigenvalue weighted by Crippen LogP contribution is 2.14. The molecular weight excluding hydrogens is 196 g/mol. The van der Waals surface area contributed by atoms with Crippen molar-refractivity contribution < 1.29 is 19.1 Å². The summed E-state index contributed by atoms with van der Waals surface area (Å²) in [5.74, 6) is -0.976. The van der Waals surface area contributed by atoms with Gasteiger partial charge in [-0.3, -0.25) is 0 Å². The van der Waals surface area contributed by atoms with Gasteiger partial charge in [0.15, 0.2) is 0 Å². The van der Waals surface area contributed by atoms with Gasteiger partial charge in [-0.2, -0.15) is 0 Å². The minimum atomic E-state index is -0.674. The lowest BCUT2D eigenvalue weighted by molar-refractivity contribution is -0.152. The molecule has 0 bridgehead atoms. The highest BCUT2D eigenvalue weighted by atomic mass is 16.6. The summed E-state index contributed by atoms with van der Waals surface area (Å²) in [6, 6.07) is 0. The Balaban J connectivity index is 3.93. The number of hydrogen-bond donors (Lipinski definition) is 0. The van der Waals surface area contributed by atoms with Crippen molar-refractivity contribution in [1.82, 2.24) is 0 Å². The molecule has 15 heavy (non-hydrogen) atoms. The molecule has 84 valence electrons. The van der Waals surface area contributed by atoms with Gasteiger partial charge in [-0.05, 0) is 13.8 Å². The van der Waals surface area contributed by atoms with E-state index >= 15 is 0 Å². The fraction of sp³-hybridized carbons (Fsp3) is 0.455. The number of carbonyl (C=O) groups excluding carboxylic acids is 2. The summed E-state index contributed by atoms with van der Waals surface area (Å²) < 4.78 is 9.80. The molecule has 4 heteroatoms. The predicted octanol–water partition coefficient (Wildman–Crippen LogP) is 1.61. The lowest BCUT2D eigenvalue weighted by atomic mass is 10.1. The first kappa shape index (κ1) is 13.4. The Kier molecular flexibility index (Phi) is 5.37. The second-order valence-corrected chi connectivity index (χ2v) is 3.51. The Bertz CT molecular complexity index is 266. The van der Waals surface area contributed by atoms with E-state index < -0.39 is 17.5 Å². The molecule has 4 nitrogen and oxygen atoms in total. The van der Waals surface area contributed by atoms with Crippen molar-refractivity contribution >= 4 is 11.9 Å². The maximum Gasteiger partial charge on any atom is 0.330 e. The average molecular weight is 212 g/mol. The van der Waals surface area contributed by atoms with Crippen molar-refractivity contribution in [2.45, 2.75) is 25.9 Å². The van der Waals surface area contributed by atoms with Crippen LogP contribution in [0, 0.1) is 0 Å². The van der Waals surface area contributed by atoms with Crippen LogP contribution in [0.4, 0.5) is 0 Å². The number of rotatable bonds is 6. The Morgan fingerprint density at radius 3 is 2.20 bits per heavy atom. The van der Waals surface area contributed by atoms with Crippen molar-refractivity contribution in [3.05, 3.63) is 25.3 Å². The van der Waals surface area contributed by atoms with Gasteiger partial charge in [-0.15, -0.1) is 0 Å². The van der Waals surface area contributed by atoms with Gasteiger partial charge in [-0.25, -0.2) is 9.59 Å².